The lowest BCUT2D eigenvalue weighted by Gasteiger charge is -2.36. The van der Waals surface area contributed by atoms with Crippen LogP contribution in [0, 0.1) is 0 Å². The second-order valence-corrected chi connectivity index (χ2v) is 6.45. The van der Waals surface area contributed by atoms with Crippen molar-refractivity contribution in [3.63, 3.8) is 0 Å². The van der Waals surface area contributed by atoms with E-state index in [4.69, 9.17) is 5.73 Å². The van der Waals surface area contributed by atoms with Gasteiger partial charge in [0.2, 0.25) is 5.91 Å². The van der Waals surface area contributed by atoms with Crippen molar-refractivity contribution >= 4 is 18.3 Å². The van der Waals surface area contributed by atoms with E-state index in [-0.39, 0.29) is 18.3 Å². The first-order valence-corrected chi connectivity index (χ1v) is 9.00. The topological polar surface area (TPSA) is 49.6 Å². The third-order valence-corrected chi connectivity index (χ3v) is 4.78. The molecular weight excluding hydrogens is 322 g/mol. The maximum Gasteiger partial charge on any atom is 0.236 e. The summed E-state index contributed by atoms with van der Waals surface area (Å²) in [5.74, 6) is 0.276. The fourth-order valence-electron chi connectivity index (χ4n) is 3.42. The molecule has 1 aromatic carbocycles. The molecule has 0 aliphatic carbocycles. The number of likely N-dealkylation sites (tertiary alicyclic amines) is 1. The van der Waals surface area contributed by atoms with Gasteiger partial charge in [-0.05, 0) is 37.7 Å². The maximum atomic E-state index is 12.7. The van der Waals surface area contributed by atoms with Gasteiger partial charge < -0.3 is 10.6 Å². The lowest BCUT2D eigenvalue weighted by molar-refractivity contribution is -0.136. The number of carbonyl (C=O) groups is 1. The molecule has 1 aromatic rings. The quantitative estimate of drug-likeness (QED) is 0.781. The van der Waals surface area contributed by atoms with Crippen LogP contribution >= 0.6 is 12.4 Å². The van der Waals surface area contributed by atoms with Gasteiger partial charge in [0.05, 0.1) is 6.54 Å². The van der Waals surface area contributed by atoms with Crippen LogP contribution in [0.3, 0.4) is 0 Å². The van der Waals surface area contributed by atoms with Crippen molar-refractivity contribution in [3.8, 4) is 0 Å². The largest absolute Gasteiger partial charge is 0.339 e. The monoisotopic (exact) mass is 353 g/mol. The first-order chi connectivity index (χ1) is 11.2. The first-order valence-electron chi connectivity index (χ1n) is 9.00. The number of amides is 1. The number of nitrogens with two attached hydrogens (primary N) is 1. The van der Waals surface area contributed by atoms with Gasteiger partial charge in [-0.25, -0.2) is 0 Å². The van der Waals surface area contributed by atoms with Crippen LogP contribution in [0.5, 0.6) is 0 Å². The Balaban J connectivity index is 0.00000288. The Morgan fingerprint density at radius 3 is 2.67 bits per heavy atom. The molecule has 2 N–H and O–H groups in total. The zero-order valence-corrected chi connectivity index (χ0v) is 15.6. The summed E-state index contributed by atoms with van der Waals surface area (Å²) < 4.78 is 0. The lowest BCUT2D eigenvalue weighted by atomic mass is 10.00. The van der Waals surface area contributed by atoms with Crippen molar-refractivity contribution in [3.05, 3.63) is 35.9 Å². The summed E-state index contributed by atoms with van der Waals surface area (Å²) in [5, 5.41) is 0. The van der Waals surface area contributed by atoms with Gasteiger partial charge in [-0.3, -0.25) is 9.69 Å². The van der Waals surface area contributed by atoms with Crippen LogP contribution < -0.4 is 5.73 Å². The molecule has 136 valence electrons. The highest BCUT2D eigenvalue weighted by Gasteiger charge is 2.26. The molecule has 1 unspecified atom stereocenters. The molecule has 0 aromatic heterocycles. The summed E-state index contributed by atoms with van der Waals surface area (Å²) >= 11 is 0. The Kier molecular flexibility index (Phi) is 9.99. The van der Waals surface area contributed by atoms with Gasteiger partial charge in [0.25, 0.3) is 0 Å². The van der Waals surface area contributed by atoms with Crippen molar-refractivity contribution < 1.29 is 4.79 Å². The van der Waals surface area contributed by atoms with Crippen LogP contribution in [-0.4, -0.2) is 54.5 Å². The molecule has 1 aliphatic rings. The first kappa shape index (κ1) is 20.9. The highest BCUT2D eigenvalue weighted by molar-refractivity contribution is 5.85. The standard InChI is InChI=1S/C19H31N3O.ClH/c1-2-18-10-6-7-13-22(18)19(23)16-21(15-12-20)14-11-17-8-4-3-5-9-17;/h3-5,8-9,18H,2,6-7,10-16,20H2,1H3;1H. The number of piperidine rings is 1. The third kappa shape index (κ3) is 6.42. The Bertz CT molecular complexity index is 469. The fourth-order valence-corrected chi connectivity index (χ4v) is 3.42. The molecule has 2 rings (SSSR count). The Hall–Kier alpha value is -1.10. The van der Waals surface area contributed by atoms with E-state index < -0.39 is 0 Å². The number of carbonyl (C=O) groups excluding carboxylic acids is 1. The minimum Gasteiger partial charge on any atom is -0.339 e. The molecule has 24 heavy (non-hydrogen) atoms. The average Bonchev–Trinajstić information content (AvgIpc) is 2.60. The van der Waals surface area contributed by atoms with Crippen LogP contribution in [0.25, 0.3) is 0 Å². The molecular formula is C19H32ClN3O. The zero-order chi connectivity index (χ0) is 16.5. The molecule has 1 heterocycles. The van der Waals surface area contributed by atoms with Gasteiger partial charge in [0, 0.05) is 32.2 Å². The lowest BCUT2D eigenvalue weighted by Crippen LogP contribution is -2.48. The number of benzene rings is 1. The zero-order valence-electron chi connectivity index (χ0n) is 14.8. The van der Waals surface area contributed by atoms with E-state index in [9.17, 15) is 4.79 Å². The van der Waals surface area contributed by atoms with Crippen LogP contribution in [0.2, 0.25) is 0 Å². The van der Waals surface area contributed by atoms with E-state index in [0.717, 1.165) is 45.3 Å². The summed E-state index contributed by atoms with van der Waals surface area (Å²) in [4.78, 5) is 17.0. The van der Waals surface area contributed by atoms with Gasteiger partial charge in [-0.15, -0.1) is 12.4 Å². The molecule has 1 atom stereocenters. The number of nitrogens with zero attached hydrogens (tertiary/aromatic N) is 2. The molecule has 1 saturated heterocycles. The number of rotatable bonds is 8. The second kappa shape index (κ2) is 11.5. The van der Waals surface area contributed by atoms with E-state index in [1.807, 2.05) is 6.07 Å². The molecule has 0 spiro atoms. The van der Waals surface area contributed by atoms with Gasteiger partial charge in [0.15, 0.2) is 0 Å². The highest BCUT2D eigenvalue weighted by atomic mass is 35.5. The van der Waals surface area contributed by atoms with E-state index in [1.165, 1.54) is 12.0 Å². The van der Waals surface area contributed by atoms with Gasteiger partial charge >= 0.3 is 0 Å². The Morgan fingerprint density at radius 2 is 2.00 bits per heavy atom. The Morgan fingerprint density at radius 1 is 1.25 bits per heavy atom. The molecule has 0 bridgehead atoms. The maximum absolute atomic E-state index is 12.7. The van der Waals surface area contributed by atoms with E-state index in [0.29, 0.717) is 19.1 Å². The van der Waals surface area contributed by atoms with Crippen molar-refractivity contribution in [2.24, 2.45) is 5.73 Å². The molecule has 1 amide bonds. The average molecular weight is 354 g/mol. The van der Waals surface area contributed by atoms with Crippen LogP contribution in [0.15, 0.2) is 30.3 Å². The molecule has 5 heteroatoms. The summed E-state index contributed by atoms with van der Waals surface area (Å²) in [5.41, 5.74) is 7.05. The number of hydrogen-bond donors (Lipinski definition) is 1. The molecule has 0 radical (unpaired) electrons. The summed E-state index contributed by atoms with van der Waals surface area (Å²) in [6, 6.07) is 10.9. The fraction of sp³-hybridized carbons (Fsp3) is 0.632. The minimum absolute atomic E-state index is 0. The van der Waals surface area contributed by atoms with Gasteiger partial charge in [-0.1, -0.05) is 37.3 Å². The third-order valence-electron chi connectivity index (χ3n) is 4.78. The van der Waals surface area contributed by atoms with Crippen molar-refractivity contribution in [1.29, 1.82) is 0 Å². The van der Waals surface area contributed by atoms with Gasteiger partial charge in [-0.2, -0.15) is 0 Å². The smallest absolute Gasteiger partial charge is 0.236 e. The van der Waals surface area contributed by atoms with E-state index >= 15 is 0 Å². The van der Waals surface area contributed by atoms with E-state index in [2.05, 4.69) is 41.0 Å². The molecule has 4 nitrogen and oxygen atoms in total. The Labute approximate surface area is 152 Å². The van der Waals surface area contributed by atoms with Crippen molar-refractivity contribution in [1.82, 2.24) is 9.80 Å². The van der Waals surface area contributed by atoms with Crippen LogP contribution in [-0.2, 0) is 11.2 Å². The summed E-state index contributed by atoms with van der Waals surface area (Å²) in [7, 11) is 0. The predicted molar refractivity (Wildman–Crippen MR) is 103 cm³/mol. The second-order valence-electron chi connectivity index (χ2n) is 6.45. The molecule has 1 fully saturated rings. The van der Waals surface area contributed by atoms with Crippen LogP contribution in [0.4, 0.5) is 0 Å². The molecule has 0 saturated carbocycles. The number of hydrogen-bond acceptors (Lipinski definition) is 3. The summed E-state index contributed by atoms with van der Waals surface area (Å²) in [6.45, 7) is 5.87. The van der Waals surface area contributed by atoms with Crippen LogP contribution in [0.1, 0.15) is 38.2 Å². The van der Waals surface area contributed by atoms with Crippen molar-refractivity contribution in [2.45, 2.75) is 45.1 Å². The van der Waals surface area contributed by atoms with Crippen molar-refractivity contribution in [2.75, 3.05) is 32.7 Å². The predicted octanol–water partition coefficient (Wildman–Crippen LogP) is 2.70. The SMILES string of the molecule is CCC1CCCCN1C(=O)CN(CCN)CCc1ccccc1.Cl. The summed E-state index contributed by atoms with van der Waals surface area (Å²) in [6.07, 6.45) is 5.58. The van der Waals surface area contributed by atoms with Gasteiger partial charge in [0.1, 0.15) is 0 Å². The van der Waals surface area contributed by atoms with E-state index in [1.54, 1.807) is 0 Å². The molecule has 1 aliphatic heterocycles. The highest BCUT2D eigenvalue weighted by Crippen LogP contribution is 2.19. The minimum atomic E-state index is 0. The normalized spacial score (nSPS) is 17.6. The number of halogens is 1.